The van der Waals surface area contributed by atoms with Crippen molar-refractivity contribution in [2.75, 3.05) is 0 Å². The van der Waals surface area contributed by atoms with Crippen LogP contribution in [-0.4, -0.2) is 20.7 Å². The third kappa shape index (κ3) is 2.50. The van der Waals surface area contributed by atoms with Gasteiger partial charge in [-0.3, -0.25) is 9.78 Å². The Kier molecular flexibility index (Phi) is 3.65. The summed E-state index contributed by atoms with van der Waals surface area (Å²) in [4.78, 5) is 16.5. The summed E-state index contributed by atoms with van der Waals surface area (Å²) < 4.78 is 7.17. The van der Waals surface area contributed by atoms with E-state index in [1.807, 2.05) is 23.0 Å². The maximum atomic E-state index is 12.5. The van der Waals surface area contributed by atoms with E-state index in [2.05, 4.69) is 15.4 Å². The summed E-state index contributed by atoms with van der Waals surface area (Å²) in [6.07, 6.45) is 9.80. The quantitative estimate of drug-likeness (QED) is 0.804. The second-order valence-corrected chi connectivity index (χ2v) is 5.97. The van der Waals surface area contributed by atoms with Crippen LogP contribution in [0.5, 0.6) is 0 Å². The number of carbonyl (C=O) groups is 1. The van der Waals surface area contributed by atoms with Gasteiger partial charge in [-0.15, -0.1) is 0 Å². The number of hydrogen-bond donors (Lipinski definition) is 1. The van der Waals surface area contributed by atoms with Crippen LogP contribution in [0.15, 0.2) is 47.5 Å². The molecule has 0 fully saturated rings. The maximum Gasteiger partial charge on any atom is 0.255 e. The molecule has 3 aromatic rings. The van der Waals surface area contributed by atoms with E-state index < -0.39 is 0 Å². The molecule has 0 unspecified atom stereocenters. The average molecular weight is 322 g/mol. The van der Waals surface area contributed by atoms with Gasteiger partial charge in [-0.1, -0.05) is 0 Å². The zero-order chi connectivity index (χ0) is 16.5. The number of nitrogens with zero attached hydrogens (tertiary/aromatic N) is 3. The van der Waals surface area contributed by atoms with E-state index in [-0.39, 0.29) is 11.9 Å². The lowest BCUT2D eigenvalue weighted by atomic mass is 9.92. The van der Waals surface area contributed by atoms with Crippen molar-refractivity contribution in [1.29, 1.82) is 0 Å². The highest BCUT2D eigenvalue weighted by atomic mass is 16.3. The van der Waals surface area contributed by atoms with Crippen molar-refractivity contribution in [2.24, 2.45) is 0 Å². The maximum absolute atomic E-state index is 12.5. The molecule has 1 amide bonds. The van der Waals surface area contributed by atoms with Crippen LogP contribution in [0.3, 0.4) is 0 Å². The Labute approximate surface area is 139 Å². The van der Waals surface area contributed by atoms with E-state index >= 15 is 0 Å². The summed E-state index contributed by atoms with van der Waals surface area (Å²) >= 11 is 0. The summed E-state index contributed by atoms with van der Waals surface area (Å²) in [5, 5.41) is 7.64. The minimum atomic E-state index is -0.101. The second kappa shape index (κ2) is 5.96. The first-order valence-corrected chi connectivity index (χ1v) is 8.06. The summed E-state index contributed by atoms with van der Waals surface area (Å²) in [7, 11) is 0. The molecular formula is C18H18N4O2. The fourth-order valence-corrected chi connectivity index (χ4v) is 3.27. The van der Waals surface area contributed by atoms with Gasteiger partial charge in [0.05, 0.1) is 29.8 Å². The van der Waals surface area contributed by atoms with Crippen molar-refractivity contribution in [3.63, 3.8) is 0 Å². The van der Waals surface area contributed by atoms with Crippen molar-refractivity contribution in [3.05, 3.63) is 65.6 Å². The zero-order valence-electron chi connectivity index (χ0n) is 13.4. The first-order valence-electron chi connectivity index (χ1n) is 8.06. The molecule has 0 aliphatic heterocycles. The van der Waals surface area contributed by atoms with Crippen LogP contribution in [0, 0.1) is 6.92 Å². The molecule has 24 heavy (non-hydrogen) atoms. The highest BCUT2D eigenvalue weighted by Gasteiger charge is 2.27. The van der Waals surface area contributed by atoms with Gasteiger partial charge in [0.1, 0.15) is 5.76 Å². The third-order valence-electron chi connectivity index (χ3n) is 4.50. The van der Waals surface area contributed by atoms with Crippen LogP contribution in [-0.2, 0) is 6.42 Å². The smallest absolute Gasteiger partial charge is 0.255 e. The molecule has 3 heterocycles. The molecule has 1 N–H and O–H groups in total. The van der Waals surface area contributed by atoms with Crippen molar-refractivity contribution in [1.82, 2.24) is 20.1 Å². The molecule has 0 aromatic carbocycles. The molecule has 1 aliphatic carbocycles. The van der Waals surface area contributed by atoms with E-state index in [1.54, 1.807) is 25.4 Å². The minimum Gasteiger partial charge on any atom is -0.469 e. The highest BCUT2D eigenvalue weighted by molar-refractivity contribution is 5.95. The molecule has 122 valence electrons. The SMILES string of the molecule is Cc1occc1C(=O)N[C@@H]1CCCc2c1cnn2-c1ccncc1. The Bertz CT molecular complexity index is 866. The lowest BCUT2D eigenvalue weighted by Gasteiger charge is -2.24. The van der Waals surface area contributed by atoms with Gasteiger partial charge in [-0.2, -0.15) is 5.10 Å². The number of hydrogen-bond acceptors (Lipinski definition) is 4. The van der Waals surface area contributed by atoms with Gasteiger partial charge >= 0.3 is 0 Å². The molecular weight excluding hydrogens is 304 g/mol. The summed E-state index contributed by atoms with van der Waals surface area (Å²) in [5.41, 5.74) is 3.82. The van der Waals surface area contributed by atoms with E-state index in [0.717, 1.165) is 36.2 Å². The van der Waals surface area contributed by atoms with Gasteiger partial charge in [0, 0.05) is 23.7 Å². The number of carbonyl (C=O) groups excluding carboxylic acids is 1. The van der Waals surface area contributed by atoms with Crippen LogP contribution >= 0.6 is 0 Å². The minimum absolute atomic E-state index is 0.0221. The Hall–Kier alpha value is -2.89. The van der Waals surface area contributed by atoms with Crippen LogP contribution in [0.25, 0.3) is 5.69 Å². The van der Waals surface area contributed by atoms with Crippen molar-refractivity contribution in [3.8, 4) is 5.69 Å². The zero-order valence-corrected chi connectivity index (χ0v) is 13.4. The Morgan fingerprint density at radius 1 is 1.33 bits per heavy atom. The van der Waals surface area contributed by atoms with Gasteiger partial charge < -0.3 is 9.73 Å². The first-order chi connectivity index (χ1) is 11.7. The molecule has 0 spiro atoms. The number of aryl methyl sites for hydroxylation is 1. The van der Waals surface area contributed by atoms with Gasteiger partial charge in [-0.05, 0) is 44.4 Å². The van der Waals surface area contributed by atoms with Crippen molar-refractivity contribution < 1.29 is 9.21 Å². The fraction of sp³-hybridized carbons (Fsp3) is 0.278. The van der Waals surface area contributed by atoms with Crippen molar-refractivity contribution in [2.45, 2.75) is 32.2 Å². The standard InChI is InChI=1S/C18H18N4O2/c1-12-14(7-10-24-12)18(23)21-16-3-2-4-17-15(16)11-20-22(17)13-5-8-19-9-6-13/h5-11,16H,2-4H2,1H3,(H,21,23)/t16-/m1/s1. The Balaban J connectivity index is 1.62. The predicted molar refractivity (Wildman–Crippen MR) is 87.9 cm³/mol. The lowest BCUT2D eigenvalue weighted by Crippen LogP contribution is -2.31. The molecule has 0 saturated heterocycles. The number of aromatic nitrogens is 3. The third-order valence-corrected chi connectivity index (χ3v) is 4.50. The summed E-state index contributed by atoms with van der Waals surface area (Å²) in [6, 6.07) is 5.55. The summed E-state index contributed by atoms with van der Waals surface area (Å²) in [6.45, 7) is 1.79. The van der Waals surface area contributed by atoms with Gasteiger partial charge in [0.15, 0.2) is 0 Å². The number of rotatable bonds is 3. The van der Waals surface area contributed by atoms with Crippen LogP contribution in [0.2, 0.25) is 0 Å². The molecule has 0 radical (unpaired) electrons. The topological polar surface area (TPSA) is 73.0 Å². The normalized spacial score (nSPS) is 16.6. The molecule has 6 nitrogen and oxygen atoms in total. The fourth-order valence-electron chi connectivity index (χ4n) is 3.27. The molecule has 3 aromatic heterocycles. The van der Waals surface area contributed by atoms with E-state index in [0.29, 0.717) is 11.3 Å². The van der Waals surface area contributed by atoms with Gasteiger partial charge in [0.2, 0.25) is 0 Å². The largest absolute Gasteiger partial charge is 0.469 e. The highest BCUT2D eigenvalue weighted by Crippen LogP contribution is 2.31. The van der Waals surface area contributed by atoms with Crippen LogP contribution < -0.4 is 5.32 Å². The first kappa shape index (κ1) is 14.7. The average Bonchev–Trinajstić information content (AvgIpc) is 3.22. The van der Waals surface area contributed by atoms with Crippen LogP contribution in [0.4, 0.5) is 0 Å². The predicted octanol–water partition coefficient (Wildman–Crippen LogP) is 2.98. The molecule has 0 saturated carbocycles. The Morgan fingerprint density at radius 2 is 2.17 bits per heavy atom. The number of nitrogens with one attached hydrogen (secondary N) is 1. The van der Waals surface area contributed by atoms with Gasteiger partial charge in [-0.25, -0.2) is 4.68 Å². The Morgan fingerprint density at radius 3 is 2.92 bits per heavy atom. The molecule has 1 atom stereocenters. The number of pyridine rings is 1. The van der Waals surface area contributed by atoms with E-state index in [9.17, 15) is 4.79 Å². The van der Waals surface area contributed by atoms with Crippen LogP contribution in [0.1, 0.15) is 46.3 Å². The van der Waals surface area contributed by atoms with E-state index in [4.69, 9.17) is 4.42 Å². The molecule has 4 rings (SSSR count). The van der Waals surface area contributed by atoms with Crippen molar-refractivity contribution >= 4 is 5.91 Å². The number of fused-ring (bicyclic) bond motifs is 1. The number of furan rings is 1. The van der Waals surface area contributed by atoms with Gasteiger partial charge in [0.25, 0.3) is 5.91 Å². The van der Waals surface area contributed by atoms with E-state index in [1.165, 1.54) is 6.26 Å². The second-order valence-electron chi connectivity index (χ2n) is 5.97. The summed E-state index contributed by atoms with van der Waals surface area (Å²) in [5.74, 6) is 0.534. The number of amides is 1. The lowest BCUT2D eigenvalue weighted by molar-refractivity contribution is 0.0931. The molecule has 0 bridgehead atoms. The molecule has 6 heteroatoms. The monoisotopic (exact) mass is 322 g/mol. The molecule has 1 aliphatic rings.